The minimum atomic E-state index is -0.270. The van der Waals surface area contributed by atoms with E-state index in [-0.39, 0.29) is 5.82 Å². The highest BCUT2D eigenvalue weighted by Gasteiger charge is 2.21. The predicted octanol–water partition coefficient (Wildman–Crippen LogP) is 2.41. The van der Waals surface area contributed by atoms with Gasteiger partial charge in [-0.3, -0.25) is 0 Å². The first-order valence-electron chi connectivity index (χ1n) is 4.14. The first-order chi connectivity index (χ1) is 5.84. The predicted molar refractivity (Wildman–Crippen MR) is 43.5 cm³/mol. The van der Waals surface area contributed by atoms with E-state index < -0.39 is 0 Å². The molecular formula is C10H10FO. The highest BCUT2D eigenvalue weighted by atomic mass is 19.1. The molecule has 63 valence electrons. The fourth-order valence-corrected chi connectivity index (χ4v) is 0.974. The maximum atomic E-state index is 12.4. The van der Waals surface area contributed by atoms with E-state index in [2.05, 4.69) is 6.07 Å². The maximum Gasteiger partial charge on any atom is 0.127 e. The number of hydrogen-bond donors (Lipinski definition) is 0. The summed E-state index contributed by atoms with van der Waals surface area (Å²) in [5.74, 6) is 1.10. The van der Waals surface area contributed by atoms with Gasteiger partial charge >= 0.3 is 0 Å². The maximum absolute atomic E-state index is 12.4. The van der Waals surface area contributed by atoms with Gasteiger partial charge in [-0.05, 0) is 37.0 Å². The molecule has 1 fully saturated rings. The minimum Gasteiger partial charge on any atom is -0.493 e. The van der Waals surface area contributed by atoms with Crippen molar-refractivity contribution in [2.24, 2.45) is 5.92 Å². The van der Waals surface area contributed by atoms with E-state index >= 15 is 0 Å². The van der Waals surface area contributed by atoms with E-state index in [9.17, 15) is 4.39 Å². The molecule has 1 nitrogen and oxygen atoms in total. The van der Waals surface area contributed by atoms with E-state index in [0.29, 0.717) is 5.75 Å². The van der Waals surface area contributed by atoms with Gasteiger partial charge in [0, 0.05) is 6.07 Å². The third-order valence-corrected chi connectivity index (χ3v) is 1.92. The Labute approximate surface area is 71.2 Å². The quantitative estimate of drug-likeness (QED) is 0.668. The van der Waals surface area contributed by atoms with Crippen LogP contribution in [0.1, 0.15) is 12.8 Å². The Morgan fingerprint density at radius 3 is 2.92 bits per heavy atom. The molecule has 1 aromatic carbocycles. The average Bonchev–Trinajstić information content (AvgIpc) is 2.87. The number of halogens is 1. The largest absolute Gasteiger partial charge is 0.493 e. The van der Waals surface area contributed by atoms with Crippen molar-refractivity contribution in [2.75, 3.05) is 6.61 Å². The second-order valence-corrected chi connectivity index (χ2v) is 3.13. The Morgan fingerprint density at radius 1 is 1.50 bits per heavy atom. The zero-order valence-corrected chi connectivity index (χ0v) is 6.72. The van der Waals surface area contributed by atoms with Crippen LogP contribution in [-0.2, 0) is 0 Å². The van der Waals surface area contributed by atoms with E-state index in [1.165, 1.54) is 25.0 Å². The summed E-state index contributed by atoms with van der Waals surface area (Å²) in [6.07, 6.45) is 2.53. The summed E-state index contributed by atoms with van der Waals surface area (Å²) >= 11 is 0. The van der Waals surface area contributed by atoms with Crippen LogP contribution in [0.2, 0.25) is 0 Å². The van der Waals surface area contributed by atoms with E-state index in [0.717, 1.165) is 12.5 Å². The molecule has 0 amide bonds. The third kappa shape index (κ3) is 1.97. The summed E-state index contributed by atoms with van der Waals surface area (Å²) in [6, 6.07) is 7.01. The molecule has 1 aliphatic carbocycles. The summed E-state index contributed by atoms with van der Waals surface area (Å²) < 4.78 is 17.8. The molecule has 1 saturated carbocycles. The molecular weight excluding hydrogens is 155 g/mol. The summed E-state index contributed by atoms with van der Waals surface area (Å²) in [7, 11) is 0. The standard InChI is InChI=1S/C10H10FO/c11-9-3-5-10(6-4-9)12-7-8-1-2-8/h3-5,8H,1-2,7H2. The van der Waals surface area contributed by atoms with Gasteiger partial charge in [0.25, 0.3) is 0 Å². The van der Waals surface area contributed by atoms with E-state index in [1.54, 1.807) is 6.07 Å². The van der Waals surface area contributed by atoms with Gasteiger partial charge in [0.1, 0.15) is 11.6 Å². The molecule has 1 aliphatic rings. The van der Waals surface area contributed by atoms with Crippen LogP contribution in [0, 0.1) is 17.8 Å². The number of rotatable bonds is 3. The van der Waals surface area contributed by atoms with Crippen molar-refractivity contribution in [2.45, 2.75) is 12.8 Å². The van der Waals surface area contributed by atoms with Gasteiger partial charge in [0.15, 0.2) is 0 Å². The van der Waals surface area contributed by atoms with Gasteiger partial charge in [-0.25, -0.2) is 4.39 Å². The Bertz CT molecular complexity index is 251. The molecule has 0 spiro atoms. The van der Waals surface area contributed by atoms with Crippen LogP contribution >= 0.6 is 0 Å². The van der Waals surface area contributed by atoms with Crippen molar-refractivity contribution in [1.82, 2.24) is 0 Å². The van der Waals surface area contributed by atoms with Crippen LogP contribution in [0.3, 0.4) is 0 Å². The minimum absolute atomic E-state index is 0.270. The van der Waals surface area contributed by atoms with Gasteiger partial charge in [0.2, 0.25) is 0 Å². The van der Waals surface area contributed by atoms with Crippen LogP contribution in [0.4, 0.5) is 4.39 Å². The summed E-state index contributed by atoms with van der Waals surface area (Å²) in [6.45, 7) is 0.752. The molecule has 0 atom stereocenters. The van der Waals surface area contributed by atoms with Crippen molar-refractivity contribution < 1.29 is 9.13 Å². The molecule has 0 aromatic heterocycles. The normalized spacial score (nSPS) is 16.1. The molecule has 1 radical (unpaired) electrons. The van der Waals surface area contributed by atoms with Gasteiger partial charge in [-0.2, -0.15) is 0 Å². The van der Waals surface area contributed by atoms with Crippen LogP contribution in [-0.4, -0.2) is 6.61 Å². The van der Waals surface area contributed by atoms with Crippen LogP contribution in [0.15, 0.2) is 18.2 Å². The molecule has 2 heteroatoms. The van der Waals surface area contributed by atoms with Crippen LogP contribution < -0.4 is 4.74 Å². The van der Waals surface area contributed by atoms with Gasteiger partial charge in [0.05, 0.1) is 6.61 Å². The van der Waals surface area contributed by atoms with Crippen molar-refractivity contribution in [1.29, 1.82) is 0 Å². The second kappa shape index (κ2) is 3.13. The van der Waals surface area contributed by atoms with Gasteiger partial charge in [-0.15, -0.1) is 0 Å². The molecule has 12 heavy (non-hydrogen) atoms. The average molecular weight is 165 g/mol. The lowest BCUT2D eigenvalue weighted by atomic mass is 10.3. The third-order valence-electron chi connectivity index (χ3n) is 1.92. The molecule has 0 unspecified atom stereocenters. The second-order valence-electron chi connectivity index (χ2n) is 3.13. The highest BCUT2D eigenvalue weighted by molar-refractivity contribution is 5.20. The lowest BCUT2D eigenvalue weighted by molar-refractivity contribution is 0.298. The monoisotopic (exact) mass is 165 g/mol. The summed E-state index contributed by atoms with van der Waals surface area (Å²) in [5, 5.41) is 0. The Kier molecular flexibility index (Phi) is 1.98. The fourth-order valence-electron chi connectivity index (χ4n) is 0.974. The fraction of sp³-hybridized carbons (Fsp3) is 0.400. The first-order valence-corrected chi connectivity index (χ1v) is 4.14. The number of ether oxygens (including phenoxy) is 1. The molecule has 0 N–H and O–H groups in total. The van der Waals surface area contributed by atoms with Gasteiger partial charge < -0.3 is 4.74 Å². The Hall–Kier alpha value is -1.05. The Balaban J connectivity index is 1.89. The first kappa shape index (κ1) is 7.59. The lowest BCUT2D eigenvalue weighted by Gasteiger charge is -2.02. The highest BCUT2D eigenvalue weighted by Crippen LogP contribution is 2.29. The van der Waals surface area contributed by atoms with E-state index in [4.69, 9.17) is 4.74 Å². The SMILES string of the molecule is Fc1c[c]c(OCC2CC2)cc1. The van der Waals surface area contributed by atoms with Crippen molar-refractivity contribution in [3.05, 3.63) is 30.1 Å². The molecule has 0 saturated heterocycles. The molecule has 0 heterocycles. The molecule has 0 aliphatic heterocycles. The molecule has 1 aromatic rings. The summed E-state index contributed by atoms with van der Waals surface area (Å²) in [4.78, 5) is 0. The lowest BCUT2D eigenvalue weighted by Crippen LogP contribution is -1.98. The number of benzene rings is 1. The van der Waals surface area contributed by atoms with Crippen LogP contribution in [0.25, 0.3) is 0 Å². The van der Waals surface area contributed by atoms with Crippen LogP contribution in [0.5, 0.6) is 5.75 Å². The zero-order chi connectivity index (χ0) is 8.39. The van der Waals surface area contributed by atoms with Crippen molar-refractivity contribution >= 4 is 0 Å². The Morgan fingerprint density at radius 2 is 2.33 bits per heavy atom. The zero-order valence-electron chi connectivity index (χ0n) is 6.72. The molecule has 2 rings (SSSR count). The smallest absolute Gasteiger partial charge is 0.127 e. The van der Waals surface area contributed by atoms with Gasteiger partial charge in [-0.1, -0.05) is 0 Å². The van der Waals surface area contributed by atoms with Crippen molar-refractivity contribution in [3.63, 3.8) is 0 Å². The topological polar surface area (TPSA) is 9.23 Å². The molecule has 0 bridgehead atoms. The van der Waals surface area contributed by atoms with Crippen molar-refractivity contribution in [3.8, 4) is 5.75 Å². The number of hydrogen-bond acceptors (Lipinski definition) is 1. The summed E-state index contributed by atoms with van der Waals surface area (Å²) in [5.41, 5.74) is 0. The van der Waals surface area contributed by atoms with E-state index in [1.807, 2.05) is 0 Å².